The number of methoxy groups -OCH3 is 1. The van der Waals surface area contributed by atoms with E-state index in [1.54, 1.807) is 0 Å². The van der Waals surface area contributed by atoms with Crippen molar-refractivity contribution in [2.45, 2.75) is 97.4 Å². The van der Waals surface area contributed by atoms with Crippen LogP contribution < -0.4 is 5.32 Å². The molecule has 242 valence electrons. The molecule has 44 heavy (non-hydrogen) atoms. The van der Waals surface area contributed by atoms with Crippen LogP contribution in [0.15, 0.2) is 30.3 Å². The van der Waals surface area contributed by atoms with Crippen molar-refractivity contribution in [2.24, 2.45) is 45.8 Å². The van der Waals surface area contributed by atoms with Gasteiger partial charge in [-0.3, -0.25) is 0 Å². The van der Waals surface area contributed by atoms with E-state index in [-0.39, 0.29) is 11.4 Å². The molecule has 4 saturated carbocycles. The van der Waals surface area contributed by atoms with Crippen molar-refractivity contribution in [1.82, 2.24) is 10.2 Å². The number of hydrogen-bond acceptors (Lipinski definition) is 5. The first-order valence-corrected chi connectivity index (χ1v) is 19.2. The number of ether oxygens (including phenoxy) is 1. The van der Waals surface area contributed by atoms with Crippen molar-refractivity contribution in [3.8, 4) is 0 Å². The maximum Gasteiger partial charge on any atom is 0.337 e. The number of carbonyl (C=O) groups is 1. The van der Waals surface area contributed by atoms with Crippen LogP contribution in [0.1, 0.15) is 108 Å². The van der Waals surface area contributed by atoms with Crippen LogP contribution >= 0.6 is 11.8 Å². The Hall–Kier alpha value is -1.30. The normalized spacial score (nSPS) is 41.5. The van der Waals surface area contributed by atoms with Crippen LogP contribution in [0.4, 0.5) is 0 Å². The number of nitrogens with one attached hydrogen (secondary N) is 1. The van der Waals surface area contributed by atoms with E-state index >= 15 is 0 Å². The molecule has 5 aliphatic carbocycles. The first-order chi connectivity index (χ1) is 21.1. The van der Waals surface area contributed by atoms with Crippen LogP contribution in [0.5, 0.6) is 0 Å². The SMILES string of the molecule is COC(=O)c1ccc(C2=CCC3(C)C(CCC4(C)C5CCC6(NCCN7CCSCC7)CCC[C@@H]6C5CCC43)C2(C)C)cc1. The van der Waals surface area contributed by atoms with E-state index in [1.807, 2.05) is 12.1 Å². The van der Waals surface area contributed by atoms with Crippen LogP contribution in [0, 0.1) is 45.8 Å². The third-order valence-corrected chi connectivity index (χ3v) is 15.7. The summed E-state index contributed by atoms with van der Waals surface area (Å²) >= 11 is 2.12. The van der Waals surface area contributed by atoms with E-state index in [0.717, 1.165) is 23.7 Å². The molecule has 0 bridgehead atoms. The molecule has 6 aliphatic rings. The second kappa shape index (κ2) is 11.7. The summed E-state index contributed by atoms with van der Waals surface area (Å²) in [6.07, 6.45) is 16.6. The van der Waals surface area contributed by atoms with Gasteiger partial charge >= 0.3 is 5.97 Å². The van der Waals surface area contributed by atoms with Gasteiger partial charge < -0.3 is 15.0 Å². The Morgan fingerprint density at radius 1 is 0.909 bits per heavy atom. The van der Waals surface area contributed by atoms with Gasteiger partial charge in [-0.25, -0.2) is 4.79 Å². The molecule has 1 aromatic carbocycles. The van der Waals surface area contributed by atoms with E-state index in [2.05, 4.69) is 67.9 Å². The van der Waals surface area contributed by atoms with Crippen molar-refractivity contribution >= 4 is 23.3 Å². The summed E-state index contributed by atoms with van der Waals surface area (Å²) in [6, 6.07) is 8.18. The Morgan fingerprint density at radius 3 is 2.43 bits per heavy atom. The molecule has 8 atom stereocenters. The molecule has 1 aliphatic heterocycles. The molecule has 4 nitrogen and oxygen atoms in total. The zero-order chi connectivity index (χ0) is 30.7. The summed E-state index contributed by atoms with van der Waals surface area (Å²) in [5, 5.41) is 4.28. The number of hydrogen-bond donors (Lipinski definition) is 1. The highest BCUT2D eigenvalue weighted by molar-refractivity contribution is 7.99. The molecular weight excluding hydrogens is 561 g/mol. The van der Waals surface area contributed by atoms with Crippen LogP contribution in [0.3, 0.4) is 0 Å². The van der Waals surface area contributed by atoms with Crippen LogP contribution in [-0.2, 0) is 4.74 Å². The minimum atomic E-state index is -0.256. The maximum atomic E-state index is 12.1. The topological polar surface area (TPSA) is 41.6 Å². The van der Waals surface area contributed by atoms with Crippen LogP contribution in [0.2, 0.25) is 0 Å². The number of nitrogens with zero attached hydrogens (tertiary/aromatic N) is 1. The summed E-state index contributed by atoms with van der Waals surface area (Å²) in [5.41, 5.74) is 4.75. The molecule has 7 rings (SSSR count). The Balaban J connectivity index is 1.09. The lowest BCUT2D eigenvalue weighted by Crippen LogP contribution is -2.63. The number of rotatable bonds is 6. The van der Waals surface area contributed by atoms with E-state index in [4.69, 9.17) is 4.74 Å². The average molecular weight is 619 g/mol. The predicted molar refractivity (Wildman–Crippen MR) is 184 cm³/mol. The molecule has 5 fully saturated rings. The van der Waals surface area contributed by atoms with Crippen LogP contribution in [0.25, 0.3) is 5.57 Å². The first kappa shape index (κ1) is 31.3. The maximum absolute atomic E-state index is 12.1. The fraction of sp³-hybridized carbons (Fsp3) is 0.769. The fourth-order valence-electron chi connectivity index (χ4n) is 12.8. The molecule has 7 unspecified atom stereocenters. The standard InChI is InChI=1S/C39H58N2O2S/c1-36(2)30(27-8-10-28(11-9-27)35(42)43-5)14-18-38(4)33(36)16-19-37(3)31-15-20-39(40-21-22-41-23-25-44-26-24-41)17-6-7-32(39)29(31)12-13-34(37)38/h8-11,14,29,31-34,40H,6-7,12-13,15-26H2,1-5H3/t29?,31?,32-,33?,34?,37?,38?,39?/m1/s1. The predicted octanol–water partition coefficient (Wildman–Crippen LogP) is 8.32. The molecule has 1 aromatic rings. The van der Waals surface area contributed by atoms with Gasteiger partial charge in [-0.05, 0) is 127 Å². The minimum Gasteiger partial charge on any atom is -0.465 e. The molecule has 1 heterocycles. The number of benzene rings is 1. The van der Waals surface area contributed by atoms with E-state index in [9.17, 15) is 4.79 Å². The van der Waals surface area contributed by atoms with Crippen molar-refractivity contribution in [2.75, 3.05) is 44.8 Å². The van der Waals surface area contributed by atoms with Gasteiger partial charge in [-0.1, -0.05) is 52.3 Å². The molecule has 1 saturated heterocycles. The van der Waals surface area contributed by atoms with Gasteiger partial charge in [0.2, 0.25) is 0 Å². The number of fused-ring (bicyclic) bond motifs is 7. The van der Waals surface area contributed by atoms with Gasteiger partial charge in [0.25, 0.3) is 0 Å². The van der Waals surface area contributed by atoms with Gasteiger partial charge in [0.05, 0.1) is 12.7 Å². The van der Waals surface area contributed by atoms with Gasteiger partial charge in [0.15, 0.2) is 0 Å². The second-order valence-corrected chi connectivity index (χ2v) is 17.9. The molecular formula is C39H58N2O2S. The second-order valence-electron chi connectivity index (χ2n) is 16.7. The highest BCUT2D eigenvalue weighted by atomic mass is 32.2. The lowest BCUT2D eigenvalue weighted by molar-refractivity contribution is -0.172. The summed E-state index contributed by atoms with van der Waals surface area (Å²) in [7, 11) is 1.46. The Bertz CT molecular complexity index is 1250. The number of carbonyl (C=O) groups excluding carboxylic acids is 1. The molecule has 0 aromatic heterocycles. The highest BCUT2D eigenvalue weighted by Crippen LogP contribution is 2.72. The van der Waals surface area contributed by atoms with Gasteiger partial charge in [0, 0.05) is 43.2 Å². The molecule has 5 heteroatoms. The average Bonchev–Trinajstić information content (AvgIpc) is 3.45. The Kier molecular flexibility index (Phi) is 8.35. The summed E-state index contributed by atoms with van der Waals surface area (Å²) in [4.78, 5) is 14.8. The third kappa shape index (κ3) is 4.96. The minimum absolute atomic E-state index is 0.113. The van der Waals surface area contributed by atoms with Gasteiger partial charge in [-0.15, -0.1) is 0 Å². The van der Waals surface area contributed by atoms with E-state index < -0.39 is 0 Å². The van der Waals surface area contributed by atoms with Crippen molar-refractivity contribution in [3.63, 3.8) is 0 Å². The fourth-order valence-corrected chi connectivity index (χ4v) is 13.8. The number of thioether (sulfide) groups is 1. The lowest BCUT2D eigenvalue weighted by Gasteiger charge is -2.68. The molecule has 0 radical (unpaired) electrons. The Labute approximate surface area is 271 Å². The smallest absolute Gasteiger partial charge is 0.337 e. The summed E-state index contributed by atoms with van der Waals surface area (Å²) in [6.45, 7) is 15.5. The highest BCUT2D eigenvalue weighted by Gasteiger charge is 2.65. The third-order valence-electron chi connectivity index (χ3n) is 14.7. The van der Waals surface area contributed by atoms with Crippen molar-refractivity contribution < 1.29 is 9.53 Å². The van der Waals surface area contributed by atoms with E-state index in [1.165, 1.54) is 120 Å². The zero-order valence-corrected chi connectivity index (χ0v) is 29.1. The Morgan fingerprint density at radius 2 is 1.68 bits per heavy atom. The summed E-state index contributed by atoms with van der Waals surface area (Å²) < 4.78 is 4.95. The number of allylic oxidation sites excluding steroid dienone is 2. The monoisotopic (exact) mass is 618 g/mol. The lowest BCUT2D eigenvalue weighted by atomic mass is 9.37. The molecule has 0 spiro atoms. The van der Waals surface area contributed by atoms with Crippen LogP contribution in [-0.4, -0.2) is 61.2 Å². The summed E-state index contributed by atoms with van der Waals surface area (Å²) in [5.74, 6) is 6.59. The largest absolute Gasteiger partial charge is 0.465 e. The first-order valence-electron chi connectivity index (χ1n) is 18.1. The van der Waals surface area contributed by atoms with Gasteiger partial charge in [-0.2, -0.15) is 11.8 Å². The van der Waals surface area contributed by atoms with Gasteiger partial charge in [0.1, 0.15) is 0 Å². The van der Waals surface area contributed by atoms with Crippen molar-refractivity contribution in [3.05, 3.63) is 41.5 Å². The zero-order valence-electron chi connectivity index (χ0n) is 28.3. The molecule has 1 N–H and O–H groups in total. The quantitative estimate of drug-likeness (QED) is 0.325. The van der Waals surface area contributed by atoms with E-state index in [0.29, 0.717) is 27.9 Å². The molecule has 0 amide bonds. The number of esters is 1. The van der Waals surface area contributed by atoms with Crippen molar-refractivity contribution in [1.29, 1.82) is 0 Å².